The third-order valence-corrected chi connectivity index (χ3v) is 11.6. The molecule has 1 aromatic carbocycles. The van der Waals surface area contributed by atoms with Crippen molar-refractivity contribution in [1.29, 1.82) is 0 Å². The van der Waals surface area contributed by atoms with Crippen molar-refractivity contribution in [2.75, 3.05) is 13.2 Å². The highest BCUT2D eigenvalue weighted by Crippen LogP contribution is 2.39. The van der Waals surface area contributed by atoms with Gasteiger partial charge >= 0.3 is 0 Å². The summed E-state index contributed by atoms with van der Waals surface area (Å²) in [7, 11) is -1.71. The molecule has 3 nitrogen and oxygen atoms in total. The van der Waals surface area contributed by atoms with E-state index in [0.29, 0.717) is 0 Å². The Hall–Kier alpha value is -0.203. The second-order valence-corrected chi connectivity index (χ2v) is 16.8. The summed E-state index contributed by atoms with van der Waals surface area (Å²) in [5.74, 6) is 0. The van der Waals surface area contributed by atoms with E-state index in [9.17, 15) is 0 Å². The van der Waals surface area contributed by atoms with E-state index in [0.717, 1.165) is 49.8 Å². The maximum Gasteiger partial charge on any atom is 0.192 e. The molecule has 30 heavy (non-hydrogen) atoms. The molecule has 5 heteroatoms. The van der Waals surface area contributed by atoms with Gasteiger partial charge in [0.05, 0.1) is 6.10 Å². The molecular formula is C25H43BrO3Si. The SMILES string of the molecule is CC(C)(CCCC(OC1CCCCO1)c1cccc(Br)c1)CO[Si](C)(C)C(C)(C)C. The number of hydrogen-bond donors (Lipinski definition) is 0. The number of halogens is 1. The van der Waals surface area contributed by atoms with Crippen LogP contribution >= 0.6 is 15.9 Å². The predicted molar refractivity (Wildman–Crippen MR) is 132 cm³/mol. The summed E-state index contributed by atoms with van der Waals surface area (Å²) in [6.07, 6.45) is 6.56. The van der Waals surface area contributed by atoms with Crippen LogP contribution in [0.1, 0.15) is 84.8 Å². The van der Waals surface area contributed by atoms with Gasteiger partial charge in [-0.2, -0.15) is 0 Å². The Labute approximate surface area is 194 Å². The molecule has 0 spiro atoms. The second kappa shape index (κ2) is 11.1. The molecule has 0 amide bonds. The van der Waals surface area contributed by atoms with Crippen molar-refractivity contribution in [3.63, 3.8) is 0 Å². The fourth-order valence-corrected chi connectivity index (χ4v) is 5.05. The fourth-order valence-electron chi connectivity index (χ4n) is 3.45. The molecule has 0 saturated carbocycles. The van der Waals surface area contributed by atoms with Crippen molar-refractivity contribution in [2.24, 2.45) is 5.41 Å². The lowest BCUT2D eigenvalue weighted by atomic mass is 9.87. The molecule has 1 heterocycles. The Bertz CT molecular complexity index is 648. The van der Waals surface area contributed by atoms with Gasteiger partial charge in [-0.25, -0.2) is 0 Å². The first-order chi connectivity index (χ1) is 13.9. The highest BCUT2D eigenvalue weighted by Gasteiger charge is 2.38. The van der Waals surface area contributed by atoms with E-state index in [1.54, 1.807) is 0 Å². The van der Waals surface area contributed by atoms with Crippen LogP contribution in [0.15, 0.2) is 28.7 Å². The summed E-state index contributed by atoms with van der Waals surface area (Å²) >= 11 is 3.61. The molecule has 0 bridgehead atoms. The molecule has 172 valence electrons. The minimum absolute atomic E-state index is 0.0716. The first-order valence-electron chi connectivity index (χ1n) is 11.6. The number of rotatable bonds is 10. The Morgan fingerprint density at radius 3 is 2.50 bits per heavy atom. The van der Waals surface area contributed by atoms with Gasteiger partial charge in [0.15, 0.2) is 14.6 Å². The van der Waals surface area contributed by atoms with E-state index in [4.69, 9.17) is 13.9 Å². The summed E-state index contributed by atoms with van der Waals surface area (Å²) in [5.41, 5.74) is 1.40. The highest BCUT2D eigenvalue weighted by molar-refractivity contribution is 9.10. The molecule has 2 unspecified atom stereocenters. The number of benzene rings is 1. The van der Waals surface area contributed by atoms with Crippen molar-refractivity contribution < 1.29 is 13.9 Å². The van der Waals surface area contributed by atoms with Crippen molar-refractivity contribution in [3.05, 3.63) is 34.3 Å². The first-order valence-corrected chi connectivity index (χ1v) is 15.3. The topological polar surface area (TPSA) is 27.7 Å². The minimum atomic E-state index is -1.71. The summed E-state index contributed by atoms with van der Waals surface area (Å²) in [6.45, 7) is 17.9. The molecule has 0 aliphatic carbocycles. The largest absolute Gasteiger partial charge is 0.416 e. The maximum atomic E-state index is 6.52. The lowest BCUT2D eigenvalue weighted by Gasteiger charge is -2.39. The summed E-state index contributed by atoms with van der Waals surface area (Å²) < 4.78 is 19.9. The Balaban J connectivity index is 1.93. The average molecular weight is 500 g/mol. The fraction of sp³-hybridized carbons (Fsp3) is 0.760. The third-order valence-electron chi connectivity index (χ3n) is 6.62. The van der Waals surface area contributed by atoms with Crippen molar-refractivity contribution >= 4 is 24.2 Å². The highest BCUT2D eigenvalue weighted by atomic mass is 79.9. The second-order valence-electron chi connectivity index (χ2n) is 11.1. The molecule has 1 fully saturated rings. The third kappa shape index (κ3) is 8.38. The van der Waals surface area contributed by atoms with Gasteiger partial charge in [0, 0.05) is 17.7 Å². The van der Waals surface area contributed by atoms with Crippen LogP contribution in [0.4, 0.5) is 0 Å². The number of hydrogen-bond acceptors (Lipinski definition) is 3. The van der Waals surface area contributed by atoms with Crippen LogP contribution in [0.2, 0.25) is 18.1 Å². The van der Waals surface area contributed by atoms with E-state index in [2.05, 4.69) is 87.9 Å². The zero-order valence-electron chi connectivity index (χ0n) is 20.2. The Kier molecular flexibility index (Phi) is 9.63. The molecule has 1 saturated heterocycles. The minimum Gasteiger partial charge on any atom is -0.416 e. The summed E-state index contributed by atoms with van der Waals surface area (Å²) in [6, 6.07) is 8.51. The van der Waals surface area contributed by atoms with Crippen LogP contribution in [0.5, 0.6) is 0 Å². The molecule has 1 aromatic rings. The Morgan fingerprint density at radius 2 is 1.90 bits per heavy atom. The molecule has 1 aliphatic rings. The molecule has 0 N–H and O–H groups in total. The van der Waals surface area contributed by atoms with Gasteiger partial charge in [0.25, 0.3) is 0 Å². The van der Waals surface area contributed by atoms with Gasteiger partial charge in [-0.3, -0.25) is 0 Å². The van der Waals surface area contributed by atoms with E-state index >= 15 is 0 Å². The van der Waals surface area contributed by atoms with Crippen LogP contribution in [0.3, 0.4) is 0 Å². The van der Waals surface area contributed by atoms with Crippen molar-refractivity contribution in [1.82, 2.24) is 0 Å². The normalized spacial score (nSPS) is 19.7. The predicted octanol–water partition coefficient (Wildman–Crippen LogP) is 8.25. The van der Waals surface area contributed by atoms with Crippen molar-refractivity contribution in [3.8, 4) is 0 Å². The standard InChI is InChI=1S/C25H43BrO3Si/c1-24(2,3)30(6,7)28-19-25(4,5)16-11-14-22(20-12-10-13-21(26)18-20)29-23-15-8-9-17-27-23/h10,12-13,18,22-23H,8-9,11,14-17,19H2,1-7H3. The van der Waals surface area contributed by atoms with Crippen LogP contribution in [0.25, 0.3) is 0 Å². The molecule has 1 aliphatic heterocycles. The molecular weight excluding hydrogens is 456 g/mol. The van der Waals surface area contributed by atoms with E-state index in [1.807, 2.05) is 0 Å². The lowest BCUT2D eigenvalue weighted by Crippen LogP contribution is -2.43. The summed E-state index contributed by atoms with van der Waals surface area (Å²) in [5, 5.41) is 0.253. The van der Waals surface area contributed by atoms with Gasteiger partial charge < -0.3 is 13.9 Å². The first kappa shape index (κ1) is 26.1. The van der Waals surface area contributed by atoms with Gasteiger partial charge in [-0.05, 0) is 79.8 Å². The molecule has 0 radical (unpaired) electrons. The average Bonchev–Trinajstić information content (AvgIpc) is 2.66. The number of ether oxygens (including phenoxy) is 2. The van der Waals surface area contributed by atoms with E-state index in [-0.39, 0.29) is 22.8 Å². The van der Waals surface area contributed by atoms with Gasteiger partial charge in [-0.15, -0.1) is 0 Å². The van der Waals surface area contributed by atoms with Crippen molar-refractivity contribution in [2.45, 2.75) is 104 Å². The molecule has 2 rings (SSSR count). The smallest absolute Gasteiger partial charge is 0.192 e. The summed E-state index contributed by atoms with van der Waals surface area (Å²) in [4.78, 5) is 0. The lowest BCUT2D eigenvalue weighted by molar-refractivity contribution is -0.191. The monoisotopic (exact) mass is 498 g/mol. The maximum absolute atomic E-state index is 6.52. The van der Waals surface area contributed by atoms with Gasteiger partial charge in [0.2, 0.25) is 0 Å². The Morgan fingerprint density at radius 1 is 1.17 bits per heavy atom. The van der Waals surface area contributed by atoms with Crippen LogP contribution in [-0.4, -0.2) is 27.8 Å². The van der Waals surface area contributed by atoms with E-state index in [1.165, 1.54) is 12.0 Å². The van der Waals surface area contributed by atoms with E-state index < -0.39 is 8.32 Å². The van der Waals surface area contributed by atoms with Crippen LogP contribution in [-0.2, 0) is 13.9 Å². The quantitative estimate of drug-likeness (QED) is 0.303. The van der Waals surface area contributed by atoms with Crippen LogP contribution in [0, 0.1) is 5.41 Å². The van der Waals surface area contributed by atoms with Gasteiger partial charge in [-0.1, -0.05) is 62.7 Å². The zero-order chi connectivity index (χ0) is 22.4. The van der Waals surface area contributed by atoms with Crippen LogP contribution < -0.4 is 0 Å². The molecule has 2 atom stereocenters. The zero-order valence-corrected chi connectivity index (χ0v) is 22.8. The molecule has 0 aromatic heterocycles. The van der Waals surface area contributed by atoms with Gasteiger partial charge in [0.1, 0.15) is 0 Å².